The number of aromatic nitrogens is 3. The van der Waals surface area contributed by atoms with Crippen LogP contribution in [0.1, 0.15) is 30.1 Å². The molecule has 0 atom stereocenters. The highest BCUT2D eigenvalue weighted by atomic mass is 35.5. The van der Waals surface area contributed by atoms with E-state index in [1.54, 1.807) is 12.1 Å². The topological polar surface area (TPSA) is 30.7 Å². The number of hydrogen-bond donors (Lipinski definition) is 0. The molecule has 0 saturated heterocycles. The van der Waals surface area contributed by atoms with Gasteiger partial charge in [-0.1, -0.05) is 29.4 Å². The molecule has 0 radical (unpaired) electrons. The molecule has 0 aliphatic heterocycles. The summed E-state index contributed by atoms with van der Waals surface area (Å²) in [6.45, 7) is 0. The van der Waals surface area contributed by atoms with Crippen molar-refractivity contribution in [2.45, 2.75) is 29.7 Å². The number of hydrogen-bond acceptors (Lipinski definition) is 3. The maximum Gasteiger partial charge on any atom is 0.191 e. The van der Waals surface area contributed by atoms with Gasteiger partial charge < -0.3 is 4.57 Å². The molecule has 1 heterocycles. The highest BCUT2D eigenvalue weighted by Gasteiger charge is 2.29. The zero-order valence-electron chi connectivity index (χ0n) is 10.4. The van der Waals surface area contributed by atoms with Gasteiger partial charge in [0.05, 0.1) is 0 Å². The van der Waals surface area contributed by atoms with Crippen LogP contribution in [0, 0.1) is 5.82 Å². The van der Waals surface area contributed by atoms with E-state index in [0.29, 0.717) is 22.3 Å². The molecule has 3 nitrogen and oxygen atoms in total. The third-order valence-electron chi connectivity index (χ3n) is 3.22. The van der Waals surface area contributed by atoms with E-state index in [2.05, 4.69) is 10.2 Å². The van der Waals surface area contributed by atoms with Crippen molar-refractivity contribution in [3.8, 4) is 0 Å². The lowest BCUT2D eigenvalue weighted by Gasteiger charge is -2.05. The molecule has 0 spiro atoms. The molecular weight excluding hydrogens is 285 g/mol. The lowest BCUT2D eigenvalue weighted by Crippen LogP contribution is -1.97. The number of nitrogens with zero attached hydrogens (tertiary/aromatic N) is 3. The largest absolute Gasteiger partial charge is 0.309 e. The Balaban J connectivity index is 1.75. The number of rotatable bonds is 4. The molecule has 1 saturated carbocycles. The van der Waals surface area contributed by atoms with E-state index >= 15 is 0 Å². The Morgan fingerprint density at radius 2 is 2.21 bits per heavy atom. The number of halogens is 2. The van der Waals surface area contributed by atoms with E-state index in [9.17, 15) is 4.39 Å². The van der Waals surface area contributed by atoms with Crippen LogP contribution < -0.4 is 0 Å². The SMILES string of the molecule is Cn1c(SCc2c(F)cccc2Cl)nnc1C1CC1. The summed E-state index contributed by atoms with van der Waals surface area (Å²) in [5.74, 6) is 1.78. The van der Waals surface area contributed by atoms with E-state index in [-0.39, 0.29) is 5.82 Å². The quantitative estimate of drug-likeness (QED) is 0.805. The standard InChI is InChI=1S/C13H13ClFN3S/c1-18-12(8-5-6-8)16-17-13(18)19-7-9-10(14)3-2-4-11(9)15/h2-4,8H,5-7H2,1H3. The summed E-state index contributed by atoms with van der Waals surface area (Å²) in [5.41, 5.74) is 0.519. The molecular formula is C13H13ClFN3S. The van der Waals surface area contributed by atoms with Gasteiger partial charge in [-0.05, 0) is 25.0 Å². The summed E-state index contributed by atoms with van der Waals surface area (Å²) in [5, 5.41) is 9.62. The first-order chi connectivity index (χ1) is 9.16. The average molecular weight is 298 g/mol. The zero-order chi connectivity index (χ0) is 13.4. The minimum Gasteiger partial charge on any atom is -0.309 e. The van der Waals surface area contributed by atoms with Gasteiger partial charge in [-0.3, -0.25) is 0 Å². The highest BCUT2D eigenvalue weighted by Crippen LogP contribution is 2.39. The number of thioether (sulfide) groups is 1. The fourth-order valence-corrected chi connectivity index (χ4v) is 3.22. The smallest absolute Gasteiger partial charge is 0.191 e. The van der Waals surface area contributed by atoms with Gasteiger partial charge in [-0.15, -0.1) is 10.2 Å². The summed E-state index contributed by atoms with van der Waals surface area (Å²) >= 11 is 7.46. The van der Waals surface area contributed by atoms with E-state index in [0.717, 1.165) is 11.0 Å². The summed E-state index contributed by atoms with van der Waals surface area (Å²) < 4.78 is 15.7. The van der Waals surface area contributed by atoms with Crippen LogP contribution in [0.4, 0.5) is 4.39 Å². The van der Waals surface area contributed by atoms with Crippen LogP contribution in [0.5, 0.6) is 0 Å². The van der Waals surface area contributed by atoms with Gasteiger partial charge in [0.2, 0.25) is 0 Å². The number of benzene rings is 1. The molecule has 0 unspecified atom stereocenters. The molecule has 2 aromatic rings. The van der Waals surface area contributed by atoms with Crippen LogP contribution in [-0.2, 0) is 12.8 Å². The predicted molar refractivity (Wildman–Crippen MR) is 73.9 cm³/mol. The van der Waals surface area contributed by atoms with Crippen molar-refractivity contribution in [3.05, 3.63) is 40.4 Å². The molecule has 19 heavy (non-hydrogen) atoms. The van der Waals surface area contributed by atoms with Crippen LogP contribution >= 0.6 is 23.4 Å². The van der Waals surface area contributed by atoms with Crippen molar-refractivity contribution in [3.63, 3.8) is 0 Å². The fourth-order valence-electron chi connectivity index (χ4n) is 1.96. The Kier molecular flexibility index (Phi) is 3.50. The van der Waals surface area contributed by atoms with E-state index in [1.165, 1.54) is 30.7 Å². The third-order valence-corrected chi connectivity index (χ3v) is 4.62. The maximum atomic E-state index is 13.7. The van der Waals surface area contributed by atoms with Crippen molar-refractivity contribution in [1.29, 1.82) is 0 Å². The van der Waals surface area contributed by atoms with Gasteiger partial charge >= 0.3 is 0 Å². The average Bonchev–Trinajstić information content (AvgIpc) is 3.15. The van der Waals surface area contributed by atoms with Crippen LogP contribution in [0.15, 0.2) is 23.4 Å². The van der Waals surface area contributed by atoms with E-state index < -0.39 is 0 Å². The van der Waals surface area contributed by atoms with Gasteiger partial charge in [0.1, 0.15) is 11.6 Å². The maximum absolute atomic E-state index is 13.7. The first-order valence-corrected chi connectivity index (χ1v) is 7.48. The highest BCUT2D eigenvalue weighted by molar-refractivity contribution is 7.98. The first kappa shape index (κ1) is 12.9. The van der Waals surface area contributed by atoms with Crippen LogP contribution in [-0.4, -0.2) is 14.8 Å². The molecule has 1 fully saturated rings. The van der Waals surface area contributed by atoms with Gasteiger partial charge in [0, 0.05) is 29.3 Å². The molecule has 1 aromatic carbocycles. The molecule has 0 amide bonds. The zero-order valence-corrected chi connectivity index (χ0v) is 12.0. The monoisotopic (exact) mass is 297 g/mol. The Bertz CT molecular complexity index is 590. The molecule has 3 rings (SSSR count). The van der Waals surface area contributed by atoms with Gasteiger partial charge in [0.25, 0.3) is 0 Å². The normalized spacial score (nSPS) is 14.9. The molecule has 1 aromatic heterocycles. The molecule has 1 aliphatic rings. The predicted octanol–water partition coefficient (Wildman–Crippen LogP) is 3.78. The van der Waals surface area contributed by atoms with Gasteiger partial charge in [0.15, 0.2) is 5.16 Å². The molecule has 6 heteroatoms. The second-order valence-corrected chi connectivity index (χ2v) is 6.01. The summed E-state index contributed by atoms with van der Waals surface area (Å²) in [6, 6.07) is 4.74. The van der Waals surface area contributed by atoms with Crippen molar-refractivity contribution < 1.29 is 4.39 Å². The van der Waals surface area contributed by atoms with Gasteiger partial charge in [-0.2, -0.15) is 0 Å². The minimum absolute atomic E-state index is 0.274. The fraction of sp³-hybridized carbons (Fsp3) is 0.385. The summed E-state index contributed by atoms with van der Waals surface area (Å²) in [7, 11) is 1.96. The van der Waals surface area contributed by atoms with Crippen molar-refractivity contribution in [1.82, 2.24) is 14.8 Å². The molecule has 100 valence electrons. The Morgan fingerprint density at radius 1 is 1.42 bits per heavy atom. The molecule has 1 aliphatic carbocycles. The Labute approximate surface area is 120 Å². The summed E-state index contributed by atoms with van der Waals surface area (Å²) in [4.78, 5) is 0. The van der Waals surface area contributed by atoms with Crippen molar-refractivity contribution in [2.75, 3.05) is 0 Å². The van der Waals surface area contributed by atoms with E-state index in [1.807, 2.05) is 11.6 Å². The second kappa shape index (κ2) is 5.13. The van der Waals surface area contributed by atoms with Crippen LogP contribution in [0.25, 0.3) is 0 Å². The summed E-state index contributed by atoms with van der Waals surface area (Å²) in [6.07, 6.45) is 2.38. The van der Waals surface area contributed by atoms with E-state index in [4.69, 9.17) is 11.6 Å². The molecule has 0 bridgehead atoms. The lowest BCUT2D eigenvalue weighted by atomic mass is 10.2. The molecule has 0 N–H and O–H groups in total. The third kappa shape index (κ3) is 2.62. The van der Waals surface area contributed by atoms with Crippen LogP contribution in [0.2, 0.25) is 5.02 Å². The lowest BCUT2D eigenvalue weighted by molar-refractivity contribution is 0.617. The Morgan fingerprint density at radius 3 is 2.89 bits per heavy atom. The second-order valence-electron chi connectivity index (χ2n) is 4.66. The Hall–Kier alpha value is -1.07. The van der Waals surface area contributed by atoms with Gasteiger partial charge in [-0.25, -0.2) is 4.39 Å². The minimum atomic E-state index is -0.274. The van der Waals surface area contributed by atoms with Crippen molar-refractivity contribution in [2.24, 2.45) is 7.05 Å². The van der Waals surface area contributed by atoms with Crippen LogP contribution in [0.3, 0.4) is 0 Å². The first-order valence-electron chi connectivity index (χ1n) is 6.12. The van der Waals surface area contributed by atoms with Crippen molar-refractivity contribution >= 4 is 23.4 Å².